The van der Waals surface area contributed by atoms with Crippen molar-refractivity contribution in [3.05, 3.63) is 46.8 Å². The minimum atomic E-state index is 0.724. The van der Waals surface area contributed by atoms with E-state index >= 15 is 0 Å². The van der Waals surface area contributed by atoms with Crippen LogP contribution in [0.2, 0.25) is 0 Å². The second kappa shape index (κ2) is 7.92. The van der Waals surface area contributed by atoms with Gasteiger partial charge in [0, 0.05) is 45.3 Å². The number of aromatic nitrogens is 2. The number of likely N-dealkylation sites (N-methyl/N-ethyl adjacent to an activating group) is 1. The van der Waals surface area contributed by atoms with Gasteiger partial charge in [-0.2, -0.15) is 5.10 Å². The van der Waals surface area contributed by atoms with E-state index in [4.69, 9.17) is 9.84 Å². The fourth-order valence-corrected chi connectivity index (χ4v) is 3.23. The van der Waals surface area contributed by atoms with Gasteiger partial charge in [-0.1, -0.05) is 24.6 Å². The summed E-state index contributed by atoms with van der Waals surface area (Å²) < 4.78 is 7.26. The molecule has 2 aromatic rings. The van der Waals surface area contributed by atoms with Gasteiger partial charge in [-0.05, 0) is 25.6 Å². The number of methoxy groups -OCH3 is 1. The van der Waals surface area contributed by atoms with Crippen molar-refractivity contribution in [2.24, 2.45) is 0 Å². The van der Waals surface area contributed by atoms with E-state index in [1.54, 1.807) is 7.11 Å². The molecule has 0 saturated heterocycles. The molecule has 2 heterocycles. The van der Waals surface area contributed by atoms with Gasteiger partial charge >= 0.3 is 0 Å². The highest BCUT2D eigenvalue weighted by molar-refractivity contribution is 5.40. The van der Waals surface area contributed by atoms with Crippen molar-refractivity contribution in [2.75, 3.05) is 33.4 Å². The summed E-state index contributed by atoms with van der Waals surface area (Å²) in [5.41, 5.74) is 6.36. The van der Waals surface area contributed by atoms with Crippen LogP contribution in [0.5, 0.6) is 0 Å². The standard InChI is InChI=1S/C19H28N4O/c1-4-22-11-9-19-17(14-22)18(13-20-10-12-24-3)21-23(19)16-7-5-15(2)6-8-16/h5-8,20H,4,9-14H2,1-3H3. The van der Waals surface area contributed by atoms with E-state index in [0.717, 1.165) is 51.4 Å². The molecule has 24 heavy (non-hydrogen) atoms. The van der Waals surface area contributed by atoms with Gasteiger partial charge < -0.3 is 10.1 Å². The van der Waals surface area contributed by atoms with Crippen LogP contribution in [0.3, 0.4) is 0 Å². The summed E-state index contributed by atoms with van der Waals surface area (Å²) in [5, 5.41) is 8.38. The van der Waals surface area contributed by atoms with Crippen LogP contribution in [0.15, 0.2) is 24.3 Å². The van der Waals surface area contributed by atoms with Crippen molar-refractivity contribution >= 4 is 0 Å². The van der Waals surface area contributed by atoms with E-state index in [1.807, 2.05) is 0 Å². The smallest absolute Gasteiger partial charge is 0.0814 e. The monoisotopic (exact) mass is 328 g/mol. The molecule has 1 aliphatic heterocycles. The number of benzene rings is 1. The van der Waals surface area contributed by atoms with E-state index in [9.17, 15) is 0 Å². The Morgan fingerprint density at radius 1 is 1.25 bits per heavy atom. The minimum Gasteiger partial charge on any atom is -0.383 e. The molecule has 0 atom stereocenters. The van der Waals surface area contributed by atoms with Gasteiger partial charge in [0.2, 0.25) is 0 Å². The average Bonchev–Trinajstić information content (AvgIpc) is 2.97. The second-order valence-electron chi connectivity index (χ2n) is 6.41. The fraction of sp³-hybridized carbons (Fsp3) is 0.526. The number of aryl methyl sites for hydroxylation is 1. The molecule has 0 radical (unpaired) electrons. The lowest BCUT2D eigenvalue weighted by atomic mass is 10.0. The largest absolute Gasteiger partial charge is 0.383 e. The summed E-state index contributed by atoms with van der Waals surface area (Å²) in [4.78, 5) is 2.49. The molecule has 0 spiro atoms. The molecule has 1 aromatic heterocycles. The van der Waals surface area contributed by atoms with Gasteiger partial charge in [-0.15, -0.1) is 0 Å². The first-order chi connectivity index (χ1) is 11.7. The lowest BCUT2D eigenvalue weighted by Gasteiger charge is -2.26. The maximum absolute atomic E-state index is 5.12. The molecule has 0 unspecified atom stereocenters. The minimum absolute atomic E-state index is 0.724. The van der Waals surface area contributed by atoms with Gasteiger partial charge in [0.05, 0.1) is 23.7 Å². The van der Waals surface area contributed by atoms with Gasteiger partial charge in [-0.3, -0.25) is 4.90 Å². The first-order valence-corrected chi connectivity index (χ1v) is 8.81. The molecule has 0 aliphatic carbocycles. The number of rotatable bonds is 7. The number of hydrogen-bond donors (Lipinski definition) is 1. The van der Waals surface area contributed by atoms with Crippen molar-refractivity contribution < 1.29 is 4.74 Å². The Balaban J connectivity index is 1.89. The number of hydrogen-bond acceptors (Lipinski definition) is 4. The summed E-state index contributed by atoms with van der Waals surface area (Å²) in [6.07, 6.45) is 1.06. The van der Waals surface area contributed by atoms with E-state index < -0.39 is 0 Å². The van der Waals surface area contributed by atoms with E-state index in [1.165, 1.54) is 22.5 Å². The number of nitrogens with zero attached hydrogens (tertiary/aromatic N) is 3. The Morgan fingerprint density at radius 2 is 2.04 bits per heavy atom. The van der Waals surface area contributed by atoms with Crippen molar-refractivity contribution in [1.29, 1.82) is 0 Å². The summed E-state index contributed by atoms with van der Waals surface area (Å²) in [6, 6.07) is 8.63. The Bertz CT molecular complexity index is 663. The maximum atomic E-state index is 5.12. The Hall–Kier alpha value is -1.69. The van der Waals surface area contributed by atoms with Crippen molar-refractivity contribution in [3.8, 4) is 5.69 Å². The van der Waals surface area contributed by atoms with Crippen LogP contribution in [-0.2, 0) is 24.2 Å². The van der Waals surface area contributed by atoms with Crippen molar-refractivity contribution in [1.82, 2.24) is 20.0 Å². The molecule has 1 aromatic carbocycles. The Labute approximate surface area is 144 Å². The quantitative estimate of drug-likeness (QED) is 0.792. The second-order valence-corrected chi connectivity index (χ2v) is 6.41. The molecule has 0 bridgehead atoms. The summed E-state index contributed by atoms with van der Waals surface area (Å²) in [7, 11) is 1.73. The van der Waals surface area contributed by atoms with Crippen LogP contribution >= 0.6 is 0 Å². The third-order valence-electron chi connectivity index (χ3n) is 4.72. The van der Waals surface area contributed by atoms with Gasteiger partial charge in [0.1, 0.15) is 0 Å². The molecule has 5 nitrogen and oxygen atoms in total. The van der Waals surface area contributed by atoms with Gasteiger partial charge in [0.15, 0.2) is 0 Å². The summed E-state index contributed by atoms with van der Waals surface area (Å²) in [6.45, 7) is 9.91. The third-order valence-corrected chi connectivity index (χ3v) is 4.72. The third kappa shape index (κ3) is 3.69. The predicted molar refractivity (Wildman–Crippen MR) is 96.5 cm³/mol. The van der Waals surface area contributed by atoms with Crippen LogP contribution in [0.4, 0.5) is 0 Å². The molecule has 5 heteroatoms. The molecular weight excluding hydrogens is 300 g/mol. The van der Waals surface area contributed by atoms with Crippen LogP contribution < -0.4 is 5.32 Å². The summed E-state index contributed by atoms with van der Waals surface area (Å²) >= 11 is 0. The lowest BCUT2D eigenvalue weighted by molar-refractivity contribution is 0.199. The zero-order chi connectivity index (χ0) is 16.9. The first kappa shape index (κ1) is 17.1. The molecule has 0 fully saturated rings. The zero-order valence-corrected chi connectivity index (χ0v) is 15.0. The van der Waals surface area contributed by atoms with Crippen molar-refractivity contribution in [2.45, 2.75) is 33.4 Å². The Kier molecular flexibility index (Phi) is 5.66. The normalized spacial score (nSPS) is 14.8. The fourth-order valence-electron chi connectivity index (χ4n) is 3.23. The highest BCUT2D eigenvalue weighted by Gasteiger charge is 2.24. The van der Waals surface area contributed by atoms with Gasteiger partial charge in [0.25, 0.3) is 0 Å². The molecule has 0 saturated carbocycles. The lowest BCUT2D eigenvalue weighted by Crippen LogP contribution is -2.31. The molecule has 3 rings (SSSR count). The van der Waals surface area contributed by atoms with E-state index in [-0.39, 0.29) is 0 Å². The van der Waals surface area contributed by atoms with E-state index in [2.05, 4.69) is 53.0 Å². The van der Waals surface area contributed by atoms with Crippen LogP contribution in [0, 0.1) is 6.92 Å². The molecule has 1 N–H and O–H groups in total. The number of ether oxygens (including phenoxy) is 1. The molecular formula is C19H28N4O. The molecule has 130 valence electrons. The highest BCUT2D eigenvalue weighted by Crippen LogP contribution is 2.25. The van der Waals surface area contributed by atoms with Gasteiger partial charge in [-0.25, -0.2) is 4.68 Å². The van der Waals surface area contributed by atoms with Crippen LogP contribution in [-0.4, -0.2) is 48.0 Å². The van der Waals surface area contributed by atoms with Crippen LogP contribution in [0.1, 0.15) is 29.4 Å². The van der Waals surface area contributed by atoms with Crippen molar-refractivity contribution in [3.63, 3.8) is 0 Å². The number of nitrogens with one attached hydrogen (secondary N) is 1. The highest BCUT2D eigenvalue weighted by atomic mass is 16.5. The average molecular weight is 328 g/mol. The number of fused-ring (bicyclic) bond motifs is 1. The molecule has 0 amide bonds. The predicted octanol–water partition coefficient (Wildman–Crippen LogP) is 2.29. The zero-order valence-electron chi connectivity index (χ0n) is 15.0. The molecule has 1 aliphatic rings. The first-order valence-electron chi connectivity index (χ1n) is 8.81. The van der Waals surface area contributed by atoms with Crippen LogP contribution in [0.25, 0.3) is 5.69 Å². The maximum Gasteiger partial charge on any atom is 0.0814 e. The topological polar surface area (TPSA) is 42.3 Å². The SMILES string of the molecule is CCN1CCc2c(c(CNCCOC)nn2-c2ccc(C)cc2)C1. The summed E-state index contributed by atoms with van der Waals surface area (Å²) in [5.74, 6) is 0. The Morgan fingerprint density at radius 3 is 2.75 bits per heavy atom. The van der Waals surface area contributed by atoms with E-state index in [0.29, 0.717) is 0 Å².